The molecule has 0 heterocycles. The Hall–Kier alpha value is -1.92. The fraction of sp³-hybridized carbons (Fsp3) is 0.481. The van der Waals surface area contributed by atoms with E-state index in [0.29, 0.717) is 13.0 Å². The lowest BCUT2D eigenvalue weighted by molar-refractivity contribution is -0.132. The maximum Gasteiger partial charge on any atom is 0.245 e. The summed E-state index contributed by atoms with van der Waals surface area (Å²) in [6, 6.07) is 20.6. The largest absolute Gasteiger partial charge is 0.353 e. The summed E-state index contributed by atoms with van der Waals surface area (Å²) < 4.78 is -0.357. The summed E-state index contributed by atoms with van der Waals surface area (Å²) in [6.45, 7) is 12.4. The average Bonchev–Trinajstić information content (AvgIpc) is 2.75. The van der Waals surface area contributed by atoms with Gasteiger partial charge in [-0.1, -0.05) is 74.5 Å². The number of carbonyl (C=O) groups excluding carboxylic acids is 2. The number of carbonyl (C=O) groups is 2. The van der Waals surface area contributed by atoms with Crippen LogP contribution >= 0.6 is 23.5 Å². The first-order valence-electron chi connectivity index (χ1n) is 11.3. The van der Waals surface area contributed by atoms with Crippen molar-refractivity contribution in [2.75, 3.05) is 6.54 Å². The molecule has 33 heavy (non-hydrogen) atoms. The maximum atomic E-state index is 12.9. The SMILES string of the molecule is CC(C)(CNC(=O)C(C)(C)NC(=O)CC(C)(C)SCc1ccccc1)SCc1ccccc1. The van der Waals surface area contributed by atoms with Gasteiger partial charge in [0.15, 0.2) is 0 Å². The number of thioether (sulfide) groups is 2. The molecular formula is C27H38N2O2S2. The second-order valence-corrected chi connectivity index (χ2v) is 13.5. The van der Waals surface area contributed by atoms with Gasteiger partial charge in [-0.25, -0.2) is 0 Å². The molecule has 180 valence electrons. The van der Waals surface area contributed by atoms with Crippen molar-refractivity contribution in [1.29, 1.82) is 0 Å². The van der Waals surface area contributed by atoms with Crippen LogP contribution in [0.4, 0.5) is 0 Å². The molecule has 0 radical (unpaired) electrons. The highest BCUT2D eigenvalue weighted by atomic mass is 32.2. The molecule has 2 N–H and O–H groups in total. The minimum atomic E-state index is -0.975. The van der Waals surface area contributed by atoms with Gasteiger partial charge < -0.3 is 10.6 Å². The van der Waals surface area contributed by atoms with Crippen LogP contribution in [0.2, 0.25) is 0 Å². The maximum absolute atomic E-state index is 12.9. The summed E-state index contributed by atoms with van der Waals surface area (Å²) >= 11 is 3.55. The van der Waals surface area contributed by atoms with Crippen molar-refractivity contribution < 1.29 is 9.59 Å². The Balaban J connectivity index is 1.80. The molecule has 2 aromatic rings. The third kappa shape index (κ3) is 10.3. The van der Waals surface area contributed by atoms with E-state index >= 15 is 0 Å². The molecule has 0 saturated heterocycles. The standard InChI is InChI=1S/C27H38N2O2S2/c1-25(2,32-18-21-13-9-7-10-14-21)17-23(30)29-27(5,6)24(31)28-20-26(3,4)33-19-22-15-11-8-12-16-22/h7-16H,17-20H2,1-6H3,(H,28,31)(H,29,30). The Kier molecular flexibility index (Phi) is 9.92. The fourth-order valence-electron chi connectivity index (χ4n) is 3.16. The monoisotopic (exact) mass is 486 g/mol. The molecule has 0 spiro atoms. The van der Waals surface area contributed by atoms with Crippen LogP contribution in [0.5, 0.6) is 0 Å². The van der Waals surface area contributed by atoms with E-state index in [1.54, 1.807) is 37.4 Å². The van der Waals surface area contributed by atoms with Crippen LogP contribution in [0, 0.1) is 0 Å². The highest BCUT2D eigenvalue weighted by molar-refractivity contribution is 8.00. The molecule has 0 saturated carbocycles. The second-order valence-electron chi connectivity index (χ2n) is 10.1. The van der Waals surface area contributed by atoms with Crippen LogP contribution in [0.1, 0.15) is 59.1 Å². The van der Waals surface area contributed by atoms with Gasteiger partial charge in [-0.05, 0) is 38.8 Å². The Bertz CT molecular complexity index is 897. The second kappa shape index (κ2) is 12.0. The minimum Gasteiger partial charge on any atom is -0.353 e. The van der Waals surface area contributed by atoms with Gasteiger partial charge in [-0.2, -0.15) is 11.8 Å². The summed E-state index contributed by atoms with van der Waals surface area (Å²) in [6.07, 6.45) is 0.347. The Morgan fingerprint density at radius 2 is 1.18 bits per heavy atom. The van der Waals surface area contributed by atoms with Gasteiger partial charge in [0, 0.05) is 34.0 Å². The fourth-order valence-corrected chi connectivity index (χ4v) is 5.07. The molecule has 2 amide bonds. The van der Waals surface area contributed by atoms with Crippen molar-refractivity contribution in [2.45, 2.75) is 74.5 Å². The van der Waals surface area contributed by atoms with Gasteiger partial charge in [-0.3, -0.25) is 9.59 Å². The van der Waals surface area contributed by atoms with Gasteiger partial charge in [0.05, 0.1) is 0 Å². The van der Waals surface area contributed by atoms with Crippen molar-refractivity contribution in [3.63, 3.8) is 0 Å². The molecular weight excluding hydrogens is 448 g/mol. The van der Waals surface area contributed by atoms with Crippen LogP contribution in [0.25, 0.3) is 0 Å². The Morgan fingerprint density at radius 1 is 0.727 bits per heavy atom. The summed E-state index contributed by atoms with van der Waals surface area (Å²) in [5.41, 5.74) is 1.53. The van der Waals surface area contributed by atoms with E-state index in [2.05, 4.69) is 62.6 Å². The lowest BCUT2D eigenvalue weighted by Crippen LogP contribution is -2.56. The number of benzene rings is 2. The van der Waals surface area contributed by atoms with Crippen LogP contribution in [-0.4, -0.2) is 33.4 Å². The molecule has 6 heteroatoms. The Morgan fingerprint density at radius 3 is 1.67 bits per heavy atom. The van der Waals surface area contributed by atoms with Gasteiger partial charge in [0.25, 0.3) is 0 Å². The van der Waals surface area contributed by atoms with E-state index in [1.165, 1.54) is 11.1 Å². The summed E-state index contributed by atoms with van der Waals surface area (Å²) in [5, 5.41) is 5.97. The first-order valence-corrected chi connectivity index (χ1v) is 13.3. The van der Waals surface area contributed by atoms with E-state index in [0.717, 1.165) is 11.5 Å². The molecule has 0 aromatic heterocycles. The number of nitrogens with one attached hydrogen (secondary N) is 2. The van der Waals surface area contributed by atoms with Crippen LogP contribution in [0.3, 0.4) is 0 Å². The molecule has 2 rings (SSSR count). The smallest absolute Gasteiger partial charge is 0.245 e. The van der Waals surface area contributed by atoms with Crippen molar-refractivity contribution >= 4 is 35.3 Å². The van der Waals surface area contributed by atoms with Crippen molar-refractivity contribution in [3.8, 4) is 0 Å². The van der Waals surface area contributed by atoms with E-state index < -0.39 is 5.54 Å². The van der Waals surface area contributed by atoms with E-state index in [4.69, 9.17) is 0 Å². The normalized spacial score (nSPS) is 12.3. The van der Waals surface area contributed by atoms with Crippen molar-refractivity contribution in [1.82, 2.24) is 10.6 Å². The third-order valence-electron chi connectivity index (χ3n) is 5.23. The number of hydrogen-bond acceptors (Lipinski definition) is 4. The average molecular weight is 487 g/mol. The molecule has 0 fully saturated rings. The number of amides is 2. The van der Waals surface area contributed by atoms with Gasteiger partial charge >= 0.3 is 0 Å². The van der Waals surface area contributed by atoms with Crippen LogP contribution < -0.4 is 10.6 Å². The molecule has 0 atom stereocenters. The molecule has 0 unspecified atom stereocenters. The molecule has 0 aliphatic carbocycles. The topological polar surface area (TPSA) is 58.2 Å². The molecule has 0 aliphatic rings. The van der Waals surface area contributed by atoms with E-state index in [9.17, 15) is 9.59 Å². The van der Waals surface area contributed by atoms with Crippen molar-refractivity contribution in [3.05, 3.63) is 71.8 Å². The van der Waals surface area contributed by atoms with Gasteiger partial charge in [0.1, 0.15) is 5.54 Å². The molecule has 2 aromatic carbocycles. The molecule has 4 nitrogen and oxygen atoms in total. The third-order valence-corrected chi connectivity index (χ3v) is 8.03. The first kappa shape index (κ1) is 27.3. The van der Waals surface area contributed by atoms with Gasteiger partial charge in [-0.15, -0.1) is 11.8 Å². The zero-order valence-corrected chi connectivity index (χ0v) is 22.4. The quantitative estimate of drug-likeness (QED) is 0.397. The lowest BCUT2D eigenvalue weighted by Gasteiger charge is -2.31. The molecule has 0 aliphatic heterocycles. The predicted molar refractivity (Wildman–Crippen MR) is 143 cm³/mol. The molecule has 0 bridgehead atoms. The summed E-state index contributed by atoms with van der Waals surface area (Å²) in [7, 11) is 0. The zero-order valence-electron chi connectivity index (χ0n) is 20.7. The van der Waals surface area contributed by atoms with Gasteiger partial charge in [0.2, 0.25) is 11.8 Å². The summed E-state index contributed by atoms with van der Waals surface area (Å²) in [5.74, 6) is 1.46. The van der Waals surface area contributed by atoms with Crippen LogP contribution in [0.15, 0.2) is 60.7 Å². The summed E-state index contributed by atoms with van der Waals surface area (Å²) in [4.78, 5) is 25.6. The highest BCUT2D eigenvalue weighted by Gasteiger charge is 2.33. The minimum absolute atomic E-state index is 0.113. The van der Waals surface area contributed by atoms with E-state index in [-0.39, 0.29) is 21.3 Å². The number of rotatable bonds is 12. The van der Waals surface area contributed by atoms with Crippen molar-refractivity contribution in [2.24, 2.45) is 0 Å². The lowest BCUT2D eigenvalue weighted by atomic mass is 10.0. The predicted octanol–water partition coefficient (Wildman–Crippen LogP) is 5.81. The first-order chi connectivity index (χ1) is 15.4. The van der Waals surface area contributed by atoms with E-state index in [1.807, 2.05) is 36.4 Å². The highest BCUT2D eigenvalue weighted by Crippen LogP contribution is 2.31. The van der Waals surface area contributed by atoms with Crippen LogP contribution in [-0.2, 0) is 21.1 Å². The Labute approximate surface area is 208 Å². The number of hydrogen-bond donors (Lipinski definition) is 2. The zero-order chi connectivity index (χ0) is 24.5.